The molecule has 2 atom stereocenters. The van der Waals surface area contributed by atoms with Crippen molar-refractivity contribution in [1.29, 1.82) is 0 Å². The summed E-state index contributed by atoms with van der Waals surface area (Å²) in [5.41, 5.74) is 9.16. The number of nitrogens with one attached hydrogen (secondary N) is 1. The van der Waals surface area contributed by atoms with E-state index in [9.17, 15) is 4.79 Å². The normalized spacial score (nSPS) is 21.2. The summed E-state index contributed by atoms with van der Waals surface area (Å²) in [6.07, 6.45) is 7.43. The average Bonchev–Trinajstić information content (AvgIpc) is 2.83. The van der Waals surface area contributed by atoms with Crippen LogP contribution in [0, 0.1) is 0 Å². The first-order valence-electron chi connectivity index (χ1n) is 11.7. The van der Waals surface area contributed by atoms with Crippen LogP contribution >= 0.6 is 0 Å². The molecule has 1 aliphatic carbocycles. The Morgan fingerprint density at radius 3 is 2.90 bits per heavy atom. The lowest BCUT2D eigenvalue weighted by Gasteiger charge is -2.42. The number of aromatic nitrogens is 1. The summed E-state index contributed by atoms with van der Waals surface area (Å²) in [6.45, 7) is 4.98. The molecule has 0 bridgehead atoms. The molecule has 1 aromatic carbocycles. The number of nitrogens with two attached hydrogens (primary N) is 1. The predicted molar refractivity (Wildman–Crippen MR) is 124 cm³/mol. The molecule has 6 heteroatoms. The molecule has 2 heterocycles. The number of carbonyl (C=O) groups is 1. The van der Waals surface area contributed by atoms with Gasteiger partial charge in [-0.1, -0.05) is 24.3 Å². The Hall–Kier alpha value is -2.28. The third-order valence-corrected chi connectivity index (χ3v) is 6.58. The average molecular weight is 422 g/mol. The number of hydrogen-bond acceptors (Lipinski definition) is 5. The highest BCUT2D eigenvalue weighted by Gasteiger charge is 2.33. The van der Waals surface area contributed by atoms with Crippen molar-refractivity contribution in [1.82, 2.24) is 20.1 Å². The number of benzene rings is 1. The number of aryl methyl sites for hydroxylation is 1. The monoisotopic (exact) mass is 421 g/mol. The summed E-state index contributed by atoms with van der Waals surface area (Å²) in [6, 6.07) is 14.4. The van der Waals surface area contributed by atoms with Crippen molar-refractivity contribution in [3.8, 4) is 0 Å². The predicted octanol–water partition coefficient (Wildman–Crippen LogP) is 2.61. The van der Waals surface area contributed by atoms with E-state index in [-0.39, 0.29) is 11.9 Å². The van der Waals surface area contributed by atoms with Crippen molar-refractivity contribution in [2.45, 2.75) is 44.2 Å². The number of carbonyl (C=O) groups excluding carboxylic acids is 1. The number of hydrogen-bond donors (Lipinski definition) is 2. The molecule has 31 heavy (non-hydrogen) atoms. The first-order valence-corrected chi connectivity index (χ1v) is 11.7. The fourth-order valence-electron chi connectivity index (χ4n) is 4.98. The summed E-state index contributed by atoms with van der Waals surface area (Å²) < 4.78 is 0. The largest absolute Gasteiger partial charge is 0.332 e. The van der Waals surface area contributed by atoms with Crippen LogP contribution in [0.15, 0.2) is 48.7 Å². The fourth-order valence-corrected chi connectivity index (χ4v) is 4.98. The Morgan fingerprint density at radius 1 is 1.19 bits per heavy atom. The van der Waals surface area contributed by atoms with Gasteiger partial charge in [0, 0.05) is 37.9 Å². The summed E-state index contributed by atoms with van der Waals surface area (Å²) in [4.78, 5) is 22.7. The molecule has 1 amide bonds. The molecule has 0 unspecified atom stereocenters. The first-order chi connectivity index (χ1) is 15.3. The highest BCUT2D eigenvalue weighted by Crippen LogP contribution is 2.33. The van der Waals surface area contributed by atoms with Crippen LogP contribution in [-0.2, 0) is 6.42 Å². The molecule has 4 rings (SSSR count). The number of nitrogens with zero attached hydrogens (tertiary/aromatic N) is 3. The molecular weight excluding hydrogens is 386 g/mol. The lowest BCUT2D eigenvalue weighted by Crippen LogP contribution is -2.58. The van der Waals surface area contributed by atoms with Gasteiger partial charge in [0.25, 0.3) is 5.91 Å². The van der Waals surface area contributed by atoms with Gasteiger partial charge in [-0.05, 0) is 69.0 Å². The Kier molecular flexibility index (Phi) is 7.67. The molecule has 0 radical (unpaired) electrons. The van der Waals surface area contributed by atoms with Gasteiger partial charge in [0.05, 0.1) is 17.8 Å². The van der Waals surface area contributed by atoms with Gasteiger partial charge in [-0.2, -0.15) is 0 Å². The van der Waals surface area contributed by atoms with E-state index in [4.69, 9.17) is 10.7 Å². The van der Waals surface area contributed by atoms with Gasteiger partial charge in [-0.3, -0.25) is 14.7 Å². The van der Waals surface area contributed by atoms with Crippen molar-refractivity contribution in [2.24, 2.45) is 5.73 Å². The van der Waals surface area contributed by atoms with Gasteiger partial charge in [0.15, 0.2) is 0 Å². The smallest absolute Gasteiger partial charge is 0.254 e. The van der Waals surface area contributed by atoms with Crippen LogP contribution in [0.4, 0.5) is 0 Å². The van der Waals surface area contributed by atoms with Gasteiger partial charge >= 0.3 is 0 Å². The molecule has 0 saturated carbocycles. The zero-order valence-corrected chi connectivity index (χ0v) is 18.4. The summed E-state index contributed by atoms with van der Waals surface area (Å²) in [5.74, 6) is 0.135. The molecule has 0 spiro atoms. The lowest BCUT2D eigenvalue weighted by molar-refractivity contribution is 0.0514. The van der Waals surface area contributed by atoms with Gasteiger partial charge in [-0.25, -0.2) is 0 Å². The zero-order valence-electron chi connectivity index (χ0n) is 18.4. The van der Waals surface area contributed by atoms with Crippen LogP contribution in [0.25, 0.3) is 0 Å². The molecule has 3 N–H and O–H groups in total. The van der Waals surface area contributed by atoms with E-state index in [0.29, 0.717) is 6.04 Å². The Morgan fingerprint density at radius 2 is 2.06 bits per heavy atom. The number of rotatable bonds is 8. The Balaban J connectivity index is 1.55. The number of fused-ring (bicyclic) bond motifs is 1. The molecule has 1 aromatic heterocycles. The van der Waals surface area contributed by atoms with Crippen LogP contribution in [0.5, 0.6) is 0 Å². The third-order valence-electron chi connectivity index (χ3n) is 6.58. The van der Waals surface area contributed by atoms with Crippen molar-refractivity contribution in [2.75, 3.05) is 39.3 Å². The van der Waals surface area contributed by atoms with E-state index in [2.05, 4.69) is 21.2 Å². The van der Waals surface area contributed by atoms with Crippen LogP contribution in [0.3, 0.4) is 0 Å². The number of amides is 1. The number of piperazine rings is 1. The third kappa shape index (κ3) is 5.32. The lowest BCUT2D eigenvalue weighted by atomic mass is 9.90. The van der Waals surface area contributed by atoms with E-state index in [0.717, 1.165) is 70.5 Å². The molecular formula is C25H35N5O. The minimum absolute atomic E-state index is 0.135. The highest BCUT2D eigenvalue weighted by atomic mass is 16.2. The standard InChI is InChI=1S/C25H35N5O/c26-13-4-5-16-29(23-12-6-10-20-11-7-14-28-24(20)23)19-22-18-27-15-17-30(22)25(31)21-8-2-1-3-9-21/h1-3,7-9,11,14,22-23,27H,4-6,10,12-13,15-19,26H2/t22-,23+/m1/s1. The van der Waals surface area contributed by atoms with Crippen LogP contribution in [0.2, 0.25) is 0 Å². The summed E-state index contributed by atoms with van der Waals surface area (Å²) in [7, 11) is 0. The Labute approximate surface area is 185 Å². The SMILES string of the molecule is NCCCCN(C[C@H]1CNCCN1C(=O)c1ccccc1)[C@H]1CCCc2cccnc21. The van der Waals surface area contributed by atoms with Crippen LogP contribution < -0.4 is 11.1 Å². The molecule has 6 nitrogen and oxygen atoms in total. The minimum atomic E-state index is 0.135. The zero-order chi connectivity index (χ0) is 21.5. The second-order valence-electron chi connectivity index (χ2n) is 8.67. The topological polar surface area (TPSA) is 74.5 Å². The van der Waals surface area contributed by atoms with Gasteiger partial charge in [0.2, 0.25) is 0 Å². The van der Waals surface area contributed by atoms with Gasteiger partial charge in [0.1, 0.15) is 0 Å². The molecule has 1 saturated heterocycles. The van der Waals surface area contributed by atoms with Crippen molar-refractivity contribution in [3.05, 3.63) is 65.5 Å². The van der Waals surface area contributed by atoms with Crippen molar-refractivity contribution in [3.63, 3.8) is 0 Å². The van der Waals surface area contributed by atoms with E-state index < -0.39 is 0 Å². The first kappa shape index (κ1) is 21.9. The minimum Gasteiger partial charge on any atom is -0.332 e. The summed E-state index contributed by atoms with van der Waals surface area (Å²) in [5, 5.41) is 3.51. The second kappa shape index (κ2) is 10.8. The molecule has 1 aliphatic heterocycles. The number of unbranched alkanes of at least 4 members (excludes halogenated alkanes) is 1. The maximum atomic E-state index is 13.3. The Bertz CT molecular complexity index is 843. The van der Waals surface area contributed by atoms with E-state index in [1.165, 1.54) is 17.7 Å². The van der Waals surface area contributed by atoms with Crippen molar-refractivity contribution < 1.29 is 4.79 Å². The fraction of sp³-hybridized carbons (Fsp3) is 0.520. The quantitative estimate of drug-likeness (QED) is 0.641. The van der Waals surface area contributed by atoms with Gasteiger partial charge < -0.3 is 16.0 Å². The highest BCUT2D eigenvalue weighted by molar-refractivity contribution is 5.94. The molecule has 2 aliphatic rings. The number of pyridine rings is 1. The second-order valence-corrected chi connectivity index (χ2v) is 8.67. The van der Waals surface area contributed by atoms with Crippen LogP contribution in [-0.4, -0.2) is 66.0 Å². The maximum Gasteiger partial charge on any atom is 0.254 e. The van der Waals surface area contributed by atoms with Crippen molar-refractivity contribution >= 4 is 5.91 Å². The van der Waals surface area contributed by atoms with Crippen LogP contribution in [0.1, 0.15) is 53.3 Å². The van der Waals surface area contributed by atoms with E-state index in [1.54, 1.807) is 0 Å². The summed E-state index contributed by atoms with van der Waals surface area (Å²) >= 11 is 0. The molecule has 2 aromatic rings. The van der Waals surface area contributed by atoms with E-state index >= 15 is 0 Å². The molecule has 1 fully saturated rings. The molecule has 166 valence electrons. The maximum absolute atomic E-state index is 13.3. The van der Waals surface area contributed by atoms with Gasteiger partial charge in [-0.15, -0.1) is 0 Å². The van der Waals surface area contributed by atoms with E-state index in [1.807, 2.05) is 42.6 Å².